The second kappa shape index (κ2) is 5.34. The summed E-state index contributed by atoms with van der Waals surface area (Å²) in [5, 5.41) is 12.2. The maximum absolute atomic E-state index is 13.3. The molecule has 2 aromatic carbocycles. The second-order valence-electron chi connectivity index (χ2n) is 4.96. The van der Waals surface area contributed by atoms with Gasteiger partial charge in [0.05, 0.1) is 17.2 Å². The highest BCUT2D eigenvalue weighted by molar-refractivity contribution is 6.13. The zero-order chi connectivity index (χ0) is 15.7. The number of aromatic amines is 1. The van der Waals surface area contributed by atoms with Crippen LogP contribution in [0.4, 0.5) is 10.1 Å². The molecule has 3 rings (SSSR count). The van der Waals surface area contributed by atoms with Crippen LogP contribution < -0.4 is 5.32 Å². The summed E-state index contributed by atoms with van der Waals surface area (Å²) in [7, 11) is 0. The van der Waals surface area contributed by atoms with Crippen molar-refractivity contribution in [3.63, 3.8) is 0 Å². The fraction of sp³-hybridized carbons (Fsp3) is 0.0588. The van der Waals surface area contributed by atoms with Gasteiger partial charge in [0.1, 0.15) is 5.82 Å². The highest BCUT2D eigenvalue weighted by Crippen LogP contribution is 2.24. The number of aromatic nitrogens is 1. The van der Waals surface area contributed by atoms with Gasteiger partial charge < -0.3 is 10.3 Å². The van der Waals surface area contributed by atoms with Gasteiger partial charge >= 0.3 is 0 Å². The molecule has 0 spiro atoms. The number of fused-ring (bicyclic) bond motifs is 1. The van der Waals surface area contributed by atoms with Crippen LogP contribution in [-0.4, -0.2) is 10.9 Å². The Morgan fingerprint density at radius 3 is 2.64 bits per heavy atom. The molecule has 0 radical (unpaired) electrons. The van der Waals surface area contributed by atoms with E-state index in [0.29, 0.717) is 33.4 Å². The van der Waals surface area contributed by atoms with E-state index in [9.17, 15) is 9.18 Å². The van der Waals surface area contributed by atoms with Crippen LogP contribution in [0.5, 0.6) is 0 Å². The van der Waals surface area contributed by atoms with Gasteiger partial charge in [-0.1, -0.05) is 0 Å². The van der Waals surface area contributed by atoms with Crippen LogP contribution in [0.1, 0.15) is 21.6 Å². The summed E-state index contributed by atoms with van der Waals surface area (Å²) in [6.45, 7) is 1.77. The Morgan fingerprint density at radius 2 is 1.95 bits per heavy atom. The normalized spacial score (nSPS) is 10.4. The molecule has 3 aromatic rings. The van der Waals surface area contributed by atoms with Gasteiger partial charge in [0, 0.05) is 22.3 Å². The summed E-state index contributed by atoms with van der Waals surface area (Å²) in [5.74, 6) is -0.632. The van der Waals surface area contributed by atoms with Gasteiger partial charge in [0.15, 0.2) is 0 Å². The average molecular weight is 293 g/mol. The van der Waals surface area contributed by atoms with Crippen molar-refractivity contribution in [3.8, 4) is 6.07 Å². The van der Waals surface area contributed by atoms with Gasteiger partial charge in [-0.25, -0.2) is 4.39 Å². The molecule has 5 heteroatoms. The number of hydrogen-bond acceptors (Lipinski definition) is 2. The topological polar surface area (TPSA) is 68.7 Å². The molecular formula is C17H12FN3O. The fourth-order valence-corrected chi connectivity index (χ4v) is 2.42. The lowest BCUT2D eigenvalue weighted by Crippen LogP contribution is -2.12. The van der Waals surface area contributed by atoms with Crippen LogP contribution in [0.25, 0.3) is 10.9 Å². The first-order valence-electron chi connectivity index (χ1n) is 6.68. The van der Waals surface area contributed by atoms with E-state index < -0.39 is 0 Å². The quantitative estimate of drug-likeness (QED) is 0.755. The number of amides is 1. The van der Waals surface area contributed by atoms with E-state index in [-0.39, 0.29) is 11.7 Å². The predicted molar refractivity (Wildman–Crippen MR) is 82.1 cm³/mol. The van der Waals surface area contributed by atoms with Gasteiger partial charge in [-0.15, -0.1) is 0 Å². The van der Waals surface area contributed by atoms with Crippen molar-refractivity contribution in [1.29, 1.82) is 5.26 Å². The van der Waals surface area contributed by atoms with Crippen molar-refractivity contribution in [2.75, 3.05) is 5.32 Å². The molecule has 0 aliphatic carbocycles. The van der Waals surface area contributed by atoms with Crippen LogP contribution >= 0.6 is 0 Å². The average Bonchev–Trinajstić information content (AvgIpc) is 2.83. The lowest BCUT2D eigenvalue weighted by Gasteiger charge is -2.05. The van der Waals surface area contributed by atoms with E-state index in [1.165, 1.54) is 12.1 Å². The summed E-state index contributed by atoms with van der Waals surface area (Å²) >= 11 is 0. The third kappa shape index (κ3) is 2.42. The summed E-state index contributed by atoms with van der Waals surface area (Å²) in [5.41, 5.74) is 2.87. The third-order valence-corrected chi connectivity index (χ3v) is 3.45. The van der Waals surface area contributed by atoms with Crippen molar-refractivity contribution in [3.05, 3.63) is 65.1 Å². The highest BCUT2D eigenvalue weighted by atomic mass is 19.1. The third-order valence-electron chi connectivity index (χ3n) is 3.45. The molecule has 1 heterocycles. The van der Waals surface area contributed by atoms with E-state index >= 15 is 0 Å². The largest absolute Gasteiger partial charge is 0.358 e. The number of H-pyrrole nitrogens is 1. The van der Waals surface area contributed by atoms with Gasteiger partial charge in [-0.2, -0.15) is 5.26 Å². The number of nitrogens with zero attached hydrogens (tertiary/aromatic N) is 1. The Labute approximate surface area is 126 Å². The molecule has 1 aromatic heterocycles. The first-order valence-corrected chi connectivity index (χ1v) is 6.68. The van der Waals surface area contributed by atoms with Crippen molar-refractivity contribution in [2.24, 2.45) is 0 Å². The number of nitriles is 1. The van der Waals surface area contributed by atoms with Crippen molar-refractivity contribution in [2.45, 2.75) is 6.92 Å². The number of carbonyl (C=O) groups excluding carboxylic acids is 1. The lowest BCUT2D eigenvalue weighted by molar-refractivity contribution is 0.102. The number of carbonyl (C=O) groups is 1. The summed E-state index contributed by atoms with van der Waals surface area (Å²) in [6.07, 6.45) is 0. The molecule has 0 aliphatic heterocycles. The van der Waals surface area contributed by atoms with Crippen LogP contribution in [0.2, 0.25) is 0 Å². The van der Waals surface area contributed by atoms with E-state index in [4.69, 9.17) is 5.26 Å². The minimum atomic E-state index is -0.354. The molecule has 0 atom stereocenters. The zero-order valence-corrected chi connectivity index (χ0v) is 11.8. The summed E-state index contributed by atoms with van der Waals surface area (Å²) < 4.78 is 13.3. The monoisotopic (exact) mass is 293 g/mol. The van der Waals surface area contributed by atoms with Gasteiger partial charge in [0.2, 0.25) is 0 Å². The van der Waals surface area contributed by atoms with Crippen LogP contribution in [0.15, 0.2) is 42.5 Å². The van der Waals surface area contributed by atoms with Gasteiger partial charge in [-0.05, 0) is 49.4 Å². The Kier molecular flexibility index (Phi) is 3.36. The number of aryl methyl sites for hydroxylation is 1. The lowest BCUT2D eigenvalue weighted by atomic mass is 10.1. The molecule has 1 amide bonds. The standard InChI is InChI=1S/C17H12FN3O/c1-10-16(14-7-4-12(18)8-15(14)20-10)17(22)21-13-5-2-11(9-19)3-6-13/h2-8,20H,1H3,(H,21,22). The number of halogens is 1. The molecule has 4 nitrogen and oxygen atoms in total. The van der Waals surface area contributed by atoms with Crippen molar-refractivity contribution >= 4 is 22.5 Å². The van der Waals surface area contributed by atoms with Crippen LogP contribution in [0, 0.1) is 24.1 Å². The number of benzene rings is 2. The smallest absolute Gasteiger partial charge is 0.258 e. The Bertz CT molecular complexity index is 904. The van der Waals surface area contributed by atoms with Crippen molar-refractivity contribution in [1.82, 2.24) is 4.98 Å². The molecular weight excluding hydrogens is 281 g/mol. The molecule has 0 fully saturated rings. The Balaban J connectivity index is 1.95. The summed E-state index contributed by atoms with van der Waals surface area (Å²) in [4.78, 5) is 15.5. The second-order valence-corrected chi connectivity index (χ2v) is 4.96. The predicted octanol–water partition coefficient (Wildman–Crippen LogP) is 3.74. The maximum atomic E-state index is 13.3. The highest BCUT2D eigenvalue weighted by Gasteiger charge is 2.16. The maximum Gasteiger partial charge on any atom is 0.258 e. The Hall–Kier alpha value is -3.13. The van der Waals surface area contributed by atoms with Gasteiger partial charge in [-0.3, -0.25) is 4.79 Å². The van der Waals surface area contributed by atoms with E-state index in [2.05, 4.69) is 10.3 Å². The van der Waals surface area contributed by atoms with Crippen molar-refractivity contribution < 1.29 is 9.18 Å². The van der Waals surface area contributed by atoms with E-state index in [1.54, 1.807) is 37.3 Å². The number of anilines is 1. The fourth-order valence-electron chi connectivity index (χ4n) is 2.42. The first-order chi connectivity index (χ1) is 10.6. The molecule has 0 aliphatic rings. The molecule has 0 saturated heterocycles. The number of hydrogen-bond donors (Lipinski definition) is 2. The minimum absolute atomic E-state index is 0.278. The number of nitrogens with one attached hydrogen (secondary N) is 2. The Morgan fingerprint density at radius 1 is 1.23 bits per heavy atom. The SMILES string of the molecule is Cc1[nH]c2cc(F)ccc2c1C(=O)Nc1ccc(C#N)cc1. The zero-order valence-electron chi connectivity index (χ0n) is 11.8. The molecule has 108 valence electrons. The van der Waals surface area contributed by atoms with Crippen LogP contribution in [0.3, 0.4) is 0 Å². The number of rotatable bonds is 2. The molecule has 2 N–H and O–H groups in total. The molecule has 0 saturated carbocycles. The van der Waals surface area contributed by atoms with E-state index in [0.717, 1.165) is 0 Å². The first kappa shape index (κ1) is 13.8. The van der Waals surface area contributed by atoms with E-state index in [1.807, 2.05) is 6.07 Å². The molecule has 0 bridgehead atoms. The molecule has 0 unspecified atom stereocenters. The summed E-state index contributed by atoms with van der Waals surface area (Å²) in [6, 6.07) is 12.9. The minimum Gasteiger partial charge on any atom is -0.358 e. The van der Waals surface area contributed by atoms with Crippen LogP contribution in [-0.2, 0) is 0 Å². The van der Waals surface area contributed by atoms with Gasteiger partial charge in [0.25, 0.3) is 5.91 Å². The molecule has 22 heavy (non-hydrogen) atoms.